The second-order valence-corrected chi connectivity index (χ2v) is 26.1. The Bertz CT molecular complexity index is 2600. The Morgan fingerprint density at radius 2 is 0.577 bits per heavy atom. The predicted molar refractivity (Wildman–Crippen MR) is 326 cm³/mol. The molecule has 8 fully saturated rings. The summed E-state index contributed by atoms with van der Waals surface area (Å²) < 4.78 is 123. The van der Waals surface area contributed by atoms with Gasteiger partial charge in [-0.25, -0.2) is 0 Å². The number of hydrogen-bond donors (Lipinski definition) is 9. The van der Waals surface area contributed by atoms with Gasteiger partial charge in [0.1, 0.15) is 85.5 Å². The highest BCUT2D eigenvalue weighted by atomic mass is 16.8. The van der Waals surface area contributed by atoms with E-state index in [-0.39, 0.29) is 24.0 Å². The number of nitrogens with zero attached hydrogens (tertiary/aromatic N) is 9. The Hall–Kier alpha value is -3.23. The molecule has 8 heterocycles. The molecule has 0 aromatic rings. The summed E-state index contributed by atoms with van der Waals surface area (Å²) in [6, 6.07) is -3.87. The van der Waals surface area contributed by atoms with Gasteiger partial charge in [0.05, 0.1) is 106 Å². The van der Waals surface area contributed by atoms with Gasteiger partial charge in [0.2, 0.25) is 0 Å². The average molecular weight is 1400 g/mol. The lowest BCUT2D eigenvalue weighted by Crippen LogP contribution is -2.66. The summed E-state index contributed by atoms with van der Waals surface area (Å²) in [5.74, 6) is -2.93. The summed E-state index contributed by atoms with van der Waals surface area (Å²) in [6.07, 6.45) is -35.9. The van der Waals surface area contributed by atoms with E-state index in [1.807, 2.05) is 20.8 Å². The van der Waals surface area contributed by atoms with Crippen molar-refractivity contribution in [3.8, 4) is 0 Å². The van der Waals surface area contributed by atoms with E-state index in [4.69, 9.17) is 94.7 Å². The number of rotatable bonds is 27. The van der Waals surface area contributed by atoms with Crippen molar-refractivity contribution in [3.05, 3.63) is 31.3 Å². The van der Waals surface area contributed by atoms with E-state index in [2.05, 4.69) is 35.4 Å². The van der Waals surface area contributed by atoms with Crippen molar-refractivity contribution in [2.75, 3.05) is 69.0 Å². The minimum Gasteiger partial charge on any atom is -0.394 e. The Morgan fingerprint density at radius 1 is 0.320 bits per heavy atom. The molecule has 0 amide bonds. The smallest absolute Gasteiger partial charge is 0.186 e. The first-order chi connectivity index (χ1) is 46.4. The predicted octanol–water partition coefficient (Wildman–Crippen LogP) is -0.514. The summed E-state index contributed by atoms with van der Waals surface area (Å²) in [6.45, 7) is 13.0. The van der Waals surface area contributed by atoms with Gasteiger partial charge in [-0.3, -0.25) is 0 Å². The standard InChI is InChI=1S/C59H102N10O28/c1-20-25(6)83-56(37(74)45(20)78-11)92-42-22(3)34(64-67-60)53(88-30(42)17-71)96-47-27(8)85-58(39(76)50(47)80-13)94-44-24(5)36(66-69-62)55(90-32(44)19-73)97-48-28(9)86-59(40(77)51(48)81-14)93-43-23(4)35(65-68-61)54(89-31(43)18-72)95-46-26(7)84-57(38(75)49(46)79-12)91-41-21(2)33(63-10)52(82-15)87-29(41)16-70/h20-59,63,70-77H,16-19H2,1-15H3/t20-,21-,22-,23-,24-,25?,26?,27?,28?,29?,30?,31?,32?,33?,34?,35?,36?,37?,38?,39?,40?,41+,42+,43+,44+,45-,46-,47-,48-,49+,50+,51+,52+,53-,54-,55-,56+,57+,58+,59+/m1/s1. The summed E-state index contributed by atoms with van der Waals surface area (Å²) in [5, 5.41) is 105. The Labute approximate surface area is 561 Å². The van der Waals surface area contributed by atoms with Crippen molar-refractivity contribution in [1.82, 2.24) is 5.32 Å². The summed E-state index contributed by atoms with van der Waals surface area (Å²) in [7, 11) is 8.66. The molecular formula is C59H102N10O28. The molecule has 38 heteroatoms. The molecule has 0 aromatic heterocycles. The molecule has 0 aromatic carbocycles. The Kier molecular flexibility index (Phi) is 29.3. The van der Waals surface area contributed by atoms with Gasteiger partial charge in [-0.15, -0.1) is 0 Å². The van der Waals surface area contributed by atoms with Gasteiger partial charge in [-0.2, -0.15) is 0 Å². The maximum absolute atomic E-state index is 12.1. The van der Waals surface area contributed by atoms with E-state index in [1.54, 1.807) is 48.6 Å². The minimum absolute atomic E-state index is 0.186. The largest absolute Gasteiger partial charge is 0.394 e. The van der Waals surface area contributed by atoms with E-state index in [0.717, 1.165) is 0 Å². The summed E-state index contributed by atoms with van der Waals surface area (Å²) in [5.41, 5.74) is 29.6. The second-order valence-electron chi connectivity index (χ2n) is 26.1. The number of ether oxygens (including phenoxy) is 20. The van der Waals surface area contributed by atoms with Gasteiger partial charge in [-0.05, 0) is 69.1 Å². The maximum atomic E-state index is 12.1. The molecule has 8 aliphatic heterocycles. The van der Waals surface area contributed by atoms with Gasteiger partial charge in [0.15, 0.2) is 50.3 Å². The lowest BCUT2D eigenvalue weighted by Gasteiger charge is -2.51. The fourth-order valence-corrected chi connectivity index (χ4v) is 14.9. The quantitative estimate of drug-likeness (QED) is 0.0284. The molecule has 0 bridgehead atoms. The molecule has 97 heavy (non-hydrogen) atoms. The van der Waals surface area contributed by atoms with E-state index in [1.165, 1.54) is 35.5 Å². The molecule has 0 radical (unpaired) electrons. The van der Waals surface area contributed by atoms with Crippen LogP contribution in [0.1, 0.15) is 62.3 Å². The Balaban J connectivity index is 0.901. The molecule has 8 rings (SSSR count). The zero-order valence-electron chi connectivity index (χ0n) is 57.2. The minimum atomic E-state index is -1.66. The number of aliphatic hydroxyl groups excluding tert-OH is 8. The molecule has 0 aliphatic carbocycles. The van der Waals surface area contributed by atoms with Gasteiger partial charge in [0.25, 0.3) is 0 Å². The number of methoxy groups -OCH3 is 5. The maximum Gasteiger partial charge on any atom is 0.186 e. The first-order valence-electron chi connectivity index (χ1n) is 32.8. The van der Waals surface area contributed by atoms with Crippen LogP contribution in [0, 0.1) is 29.6 Å². The fraction of sp³-hybridized carbons (Fsp3) is 1.00. The van der Waals surface area contributed by atoms with Crippen LogP contribution >= 0.6 is 0 Å². The van der Waals surface area contributed by atoms with Crippen LogP contribution in [0.15, 0.2) is 15.3 Å². The van der Waals surface area contributed by atoms with Gasteiger partial charge < -0.3 is 141 Å². The molecular weight excluding hydrogens is 1300 g/mol. The topological polar surface area (TPSA) is 505 Å². The van der Waals surface area contributed by atoms with Crippen LogP contribution in [-0.2, 0) is 94.7 Å². The van der Waals surface area contributed by atoms with E-state index in [0.29, 0.717) is 0 Å². The van der Waals surface area contributed by atoms with E-state index < -0.39 is 247 Å². The van der Waals surface area contributed by atoms with Crippen LogP contribution in [0.5, 0.6) is 0 Å². The van der Waals surface area contributed by atoms with Crippen molar-refractivity contribution in [2.45, 2.75) is 277 Å². The van der Waals surface area contributed by atoms with Gasteiger partial charge in [0, 0.05) is 62.1 Å². The molecule has 0 spiro atoms. The van der Waals surface area contributed by atoms with Crippen LogP contribution < -0.4 is 5.32 Å². The van der Waals surface area contributed by atoms with Crippen molar-refractivity contribution in [3.63, 3.8) is 0 Å². The third-order valence-corrected chi connectivity index (χ3v) is 20.5. The number of aliphatic hydroxyl groups is 8. The highest BCUT2D eigenvalue weighted by Gasteiger charge is 2.59. The van der Waals surface area contributed by atoms with Crippen LogP contribution in [0.3, 0.4) is 0 Å². The molecule has 8 saturated heterocycles. The number of azide groups is 3. The van der Waals surface area contributed by atoms with Crippen molar-refractivity contribution < 1.29 is 136 Å². The lowest BCUT2D eigenvalue weighted by molar-refractivity contribution is -0.379. The monoisotopic (exact) mass is 1400 g/mol. The molecule has 556 valence electrons. The second kappa shape index (κ2) is 35.8. The van der Waals surface area contributed by atoms with Crippen LogP contribution in [-0.4, -0.2) is 325 Å². The summed E-state index contributed by atoms with van der Waals surface area (Å²) in [4.78, 5) is 9.17. The zero-order valence-corrected chi connectivity index (χ0v) is 57.2. The molecule has 38 nitrogen and oxygen atoms in total. The van der Waals surface area contributed by atoms with Crippen LogP contribution in [0.25, 0.3) is 31.3 Å². The number of nitrogens with one attached hydrogen (secondary N) is 1. The SMILES string of the molecule is CNC1[C@@H](OC)OC(CO)[C@@H](O[C@@H]2OC(C)[C@@H](O[C@H]3OC(CO)[C@@H](O[C@@H]4OC(C)[C@@H](O[C@H]5OC(CO)[C@@H](O[C@@H]6OC(C)[C@@H](O[C@H]7OC(CO)[C@@H](O[C@@H]8OC(C)[C@@H](C)[C@@H](OC)C8O)[C@H](C)C7N=[N+]=[N-])[C@@H](OC)C6O)[C@H](C)C5N=[N+]=[N-])[C@@H](OC)C4O)[C@H](C)C3N=[N+]=[N-])[C@@H](OC)C2O)[C@@H]1C. The molecule has 8 aliphatic rings. The summed E-state index contributed by atoms with van der Waals surface area (Å²) >= 11 is 0. The lowest BCUT2D eigenvalue weighted by atomic mass is 9.87. The number of hydrogen-bond acceptors (Lipinski definition) is 32. The third-order valence-electron chi connectivity index (χ3n) is 20.5. The number of likely N-dealkylation sites (N-methyl/N-ethyl adjacent to an activating group) is 1. The Morgan fingerprint density at radius 3 is 0.835 bits per heavy atom. The van der Waals surface area contributed by atoms with Crippen LogP contribution in [0.4, 0.5) is 0 Å². The molecule has 9 N–H and O–H groups in total. The van der Waals surface area contributed by atoms with Crippen molar-refractivity contribution >= 4 is 0 Å². The van der Waals surface area contributed by atoms with Gasteiger partial charge >= 0.3 is 0 Å². The zero-order chi connectivity index (χ0) is 71.0. The molecule has 16 unspecified atom stereocenters. The fourth-order valence-electron chi connectivity index (χ4n) is 14.9. The first-order valence-corrected chi connectivity index (χ1v) is 32.8. The van der Waals surface area contributed by atoms with Crippen molar-refractivity contribution in [1.29, 1.82) is 0 Å². The highest BCUT2D eigenvalue weighted by molar-refractivity contribution is 5.03. The average Bonchev–Trinajstić information content (AvgIpc) is 0.782. The molecule has 0 saturated carbocycles. The van der Waals surface area contributed by atoms with E-state index in [9.17, 15) is 57.4 Å². The van der Waals surface area contributed by atoms with Crippen molar-refractivity contribution in [2.24, 2.45) is 44.9 Å². The highest BCUT2D eigenvalue weighted by Crippen LogP contribution is 2.43. The first kappa shape index (κ1) is 79.5. The third kappa shape index (κ3) is 16.7. The molecule has 40 atom stereocenters. The van der Waals surface area contributed by atoms with Gasteiger partial charge in [-0.1, -0.05) is 50.0 Å². The normalized spacial score (nSPS) is 49.8. The van der Waals surface area contributed by atoms with E-state index >= 15 is 0 Å². The van der Waals surface area contributed by atoms with Crippen LogP contribution in [0.2, 0.25) is 0 Å².